The largest absolute Gasteiger partial charge is 0.379 e. The molecule has 0 unspecified atom stereocenters. The van der Waals surface area contributed by atoms with Gasteiger partial charge in [-0.1, -0.05) is 0 Å². The van der Waals surface area contributed by atoms with Gasteiger partial charge in [0.25, 0.3) is 0 Å². The second kappa shape index (κ2) is 5.16. The van der Waals surface area contributed by atoms with Crippen molar-refractivity contribution in [2.45, 2.75) is 6.54 Å². The lowest BCUT2D eigenvalue weighted by atomic mass is 10.2. The molecule has 6 nitrogen and oxygen atoms in total. The molecule has 0 radical (unpaired) electrons. The van der Waals surface area contributed by atoms with Crippen LogP contribution in [0.1, 0.15) is 5.69 Å². The summed E-state index contributed by atoms with van der Waals surface area (Å²) in [7, 11) is 3.87. The zero-order valence-electron chi connectivity index (χ0n) is 11.5. The Morgan fingerprint density at radius 1 is 1.10 bits per heavy atom. The lowest BCUT2D eigenvalue weighted by molar-refractivity contribution is 0.720. The van der Waals surface area contributed by atoms with E-state index in [0.717, 1.165) is 29.3 Å². The Labute approximate surface area is 117 Å². The first-order chi connectivity index (χ1) is 9.74. The van der Waals surface area contributed by atoms with E-state index in [0.29, 0.717) is 0 Å². The van der Waals surface area contributed by atoms with Gasteiger partial charge in [0.05, 0.1) is 12.2 Å². The highest BCUT2D eigenvalue weighted by atomic mass is 15.3. The van der Waals surface area contributed by atoms with Crippen molar-refractivity contribution in [3.8, 4) is 11.4 Å². The first-order valence-corrected chi connectivity index (χ1v) is 6.39. The second-order valence-corrected chi connectivity index (χ2v) is 4.64. The van der Waals surface area contributed by atoms with Crippen LogP contribution in [0.25, 0.3) is 11.4 Å². The molecule has 0 aliphatic heterocycles. The van der Waals surface area contributed by atoms with Crippen molar-refractivity contribution >= 4 is 5.69 Å². The van der Waals surface area contributed by atoms with Crippen LogP contribution in [0.4, 0.5) is 5.69 Å². The molecule has 0 aliphatic carbocycles. The molecule has 102 valence electrons. The number of aryl methyl sites for hydroxylation is 2. The number of anilines is 1. The van der Waals surface area contributed by atoms with Crippen molar-refractivity contribution in [1.82, 2.24) is 24.5 Å². The highest BCUT2D eigenvalue weighted by molar-refractivity contribution is 5.59. The first kappa shape index (κ1) is 12.4. The van der Waals surface area contributed by atoms with Crippen molar-refractivity contribution in [3.05, 3.63) is 48.5 Å². The number of benzene rings is 1. The molecule has 0 aliphatic rings. The Balaban J connectivity index is 1.71. The monoisotopic (exact) mass is 268 g/mol. The Bertz CT molecular complexity index is 695. The van der Waals surface area contributed by atoms with Crippen LogP contribution in [0, 0.1) is 0 Å². The Hall–Kier alpha value is -2.63. The highest BCUT2D eigenvalue weighted by Gasteiger charge is 2.04. The summed E-state index contributed by atoms with van der Waals surface area (Å²) in [6.07, 6.45) is 3.50. The highest BCUT2D eigenvalue weighted by Crippen LogP contribution is 2.18. The third-order valence-corrected chi connectivity index (χ3v) is 3.25. The van der Waals surface area contributed by atoms with Gasteiger partial charge in [0, 0.05) is 31.5 Å². The molecule has 20 heavy (non-hydrogen) atoms. The van der Waals surface area contributed by atoms with Crippen LogP contribution in [0.3, 0.4) is 0 Å². The van der Waals surface area contributed by atoms with Gasteiger partial charge in [-0.25, -0.2) is 0 Å². The molecule has 1 aromatic carbocycles. The van der Waals surface area contributed by atoms with Crippen molar-refractivity contribution in [1.29, 1.82) is 0 Å². The predicted molar refractivity (Wildman–Crippen MR) is 77.0 cm³/mol. The summed E-state index contributed by atoms with van der Waals surface area (Å²) in [4.78, 5) is 0. The summed E-state index contributed by atoms with van der Waals surface area (Å²) in [5.41, 5.74) is 3.26. The number of nitrogens with one attached hydrogen (secondary N) is 1. The van der Waals surface area contributed by atoms with Gasteiger partial charge in [0.2, 0.25) is 0 Å². The molecule has 0 saturated heterocycles. The number of hydrogen-bond acceptors (Lipinski definition) is 4. The van der Waals surface area contributed by atoms with Gasteiger partial charge < -0.3 is 9.88 Å². The molecule has 0 atom stereocenters. The quantitative estimate of drug-likeness (QED) is 0.784. The zero-order valence-corrected chi connectivity index (χ0v) is 11.5. The summed E-state index contributed by atoms with van der Waals surface area (Å²) in [6.45, 7) is 0.750. The van der Waals surface area contributed by atoms with Gasteiger partial charge >= 0.3 is 0 Å². The minimum absolute atomic E-state index is 0.750. The summed E-state index contributed by atoms with van der Waals surface area (Å²) in [5.74, 6) is 0.864. The molecular weight excluding hydrogens is 252 g/mol. The molecule has 0 spiro atoms. The number of nitrogens with zero attached hydrogens (tertiary/aromatic N) is 5. The van der Waals surface area contributed by atoms with Gasteiger partial charge in [-0.2, -0.15) is 5.10 Å². The summed E-state index contributed by atoms with van der Waals surface area (Å²) >= 11 is 0. The van der Waals surface area contributed by atoms with Crippen molar-refractivity contribution in [2.75, 3.05) is 5.32 Å². The summed E-state index contributed by atoms with van der Waals surface area (Å²) in [5, 5.41) is 15.5. The maximum atomic E-state index is 4.15. The fraction of sp³-hybridized carbons (Fsp3) is 0.214. The minimum Gasteiger partial charge on any atom is -0.379 e. The van der Waals surface area contributed by atoms with Crippen molar-refractivity contribution in [3.63, 3.8) is 0 Å². The number of aromatic nitrogens is 5. The summed E-state index contributed by atoms with van der Waals surface area (Å²) in [6, 6.07) is 10.2. The van der Waals surface area contributed by atoms with Crippen molar-refractivity contribution < 1.29 is 0 Å². The molecule has 3 rings (SSSR count). The summed E-state index contributed by atoms with van der Waals surface area (Å²) < 4.78 is 3.76. The van der Waals surface area contributed by atoms with E-state index in [4.69, 9.17) is 0 Å². The Morgan fingerprint density at radius 3 is 2.50 bits per heavy atom. The maximum absolute atomic E-state index is 4.15. The second-order valence-electron chi connectivity index (χ2n) is 4.64. The van der Waals surface area contributed by atoms with Crippen molar-refractivity contribution in [2.24, 2.45) is 14.1 Å². The van der Waals surface area contributed by atoms with E-state index in [1.165, 1.54) is 0 Å². The average molecular weight is 268 g/mol. The van der Waals surface area contributed by atoms with Crippen LogP contribution < -0.4 is 5.32 Å². The smallest absolute Gasteiger partial charge is 0.163 e. The topological polar surface area (TPSA) is 60.6 Å². The molecule has 0 saturated carbocycles. The standard InChI is InChI=1S/C14H16N6/c1-19-10-16-18-14(19)11-3-5-12(6-4-11)15-9-13-7-8-17-20(13)2/h3-8,10,15H,9H2,1-2H3. The lowest BCUT2D eigenvalue weighted by Crippen LogP contribution is -2.05. The third-order valence-electron chi connectivity index (χ3n) is 3.25. The first-order valence-electron chi connectivity index (χ1n) is 6.39. The van der Waals surface area contributed by atoms with Crippen LogP contribution in [0.15, 0.2) is 42.9 Å². The van der Waals surface area contributed by atoms with Gasteiger partial charge in [0.15, 0.2) is 5.82 Å². The number of rotatable bonds is 4. The molecule has 0 fully saturated rings. The fourth-order valence-electron chi connectivity index (χ4n) is 2.05. The van der Waals surface area contributed by atoms with E-state index >= 15 is 0 Å². The van der Waals surface area contributed by atoms with Crippen LogP contribution >= 0.6 is 0 Å². The molecule has 1 N–H and O–H groups in total. The van der Waals surface area contributed by atoms with Crippen LogP contribution in [-0.4, -0.2) is 24.5 Å². The van der Waals surface area contributed by atoms with E-state index in [1.54, 1.807) is 12.5 Å². The molecule has 6 heteroatoms. The fourth-order valence-corrected chi connectivity index (χ4v) is 2.05. The van der Waals surface area contributed by atoms with Gasteiger partial charge in [-0.15, -0.1) is 10.2 Å². The van der Waals surface area contributed by atoms with Crippen LogP contribution in [0.2, 0.25) is 0 Å². The molecule has 0 amide bonds. The lowest BCUT2D eigenvalue weighted by Gasteiger charge is -2.07. The zero-order chi connectivity index (χ0) is 13.9. The molecule has 0 bridgehead atoms. The number of hydrogen-bond donors (Lipinski definition) is 1. The van der Waals surface area contributed by atoms with Gasteiger partial charge in [0.1, 0.15) is 6.33 Å². The van der Waals surface area contributed by atoms with Gasteiger partial charge in [-0.05, 0) is 30.3 Å². The molecule has 3 aromatic rings. The Morgan fingerprint density at radius 2 is 1.90 bits per heavy atom. The van der Waals surface area contributed by atoms with E-state index in [1.807, 2.05) is 53.7 Å². The SMILES string of the molecule is Cn1cnnc1-c1ccc(NCc2ccnn2C)cc1. The normalized spacial score (nSPS) is 10.7. The van der Waals surface area contributed by atoms with Gasteiger partial charge in [-0.3, -0.25) is 4.68 Å². The van der Waals surface area contributed by atoms with E-state index in [-0.39, 0.29) is 0 Å². The van der Waals surface area contributed by atoms with Crippen LogP contribution in [0.5, 0.6) is 0 Å². The predicted octanol–water partition coefficient (Wildman–Crippen LogP) is 1.83. The molecule has 2 aromatic heterocycles. The van der Waals surface area contributed by atoms with E-state index in [9.17, 15) is 0 Å². The van der Waals surface area contributed by atoms with E-state index < -0.39 is 0 Å². The van der Waals surface area contributed by atoms with E-state index in [2.05, 4.69) is 20.6 Å². The Kier molecular flexibility index (Phi) is 3.20. The molecule has 2 heterocycles. The minimum atomic E-state index is 0.750. The molecular formula is C14H16N6. The third kappa shape index (κ3) is 2.40. The van der Waals surface area contributed by atoms with Crippen LogP contribution in [-0.2, 0) is 20.6 Å². The average Bonchev–Trinajstić information content (AvgIpc) is 3.06. The maximum Gasteiger partial charge on any atom is 0.163 e.